The largest absolute Gasteiger partial charge is 0.327 e. The summed E-state index contributed by atoms with van der Waals surface area (Å²) in [6.45, 7) is 5.05. The fraction of sp³-hybridized carbons (Fsp3) is 0.261. The van der Waals surface area contributed by atoms with Gasteiger partial charge in [-0.15, -0.1) is 21.5 Å². The van der Waals surface area contributed by atoms with E-state index in [4.69, 9.17) is 16.6 Å². The first kappa shape index (κ1) is 22.6. The molecule has 1 saturated heterocycles. The van der Waals surface area contributed by atoms with Gasteiger partial charge in [-0.05, 0) is 29.8 Å². The molecule has 0 radical (unpaired) electrons. The molecule has 3 aromatic heterocycles. The second-order valence-corrected chi connectivity index (χ2v) is 9.36. The third-order valence-electron chi connectivity index (χ3n) is 5.56. The number of benzene rings is 1. The number of thiazole rings is 1. The zero-order valence-corrected chi connectivity index (χ0v) is 20.0. The van der Waals surface area contributed by atoms with Crippen LogP contribution < -0.4 is 10.6 Å². The zero-order chi connectivity index (χ0) is 23.5. The first-order valence-electron chi connectivity index (χ1n) is 10.9. The fourth-order valence-electron chi connectivity index (χ4n) is 4.07. The standard InChI is InChI=1S/C23H23ClN8OS/c1-14(33)29-18-12-16(6-7-26-18)23-30-19(21(34-23)22-27-13-28-31-22)20(32-10-8-25-9-11-32)15-2-4-17(24)5-3-15/h2-7,12-13,20,25H,8-11H2,1H3,(H,26,29,33)(H,27,28,31). The summed E-state index contributed by atoms with van der Waals surface area (Å²) in [5.74, 6) is 0.983. The molecule has 11 heteroatoms. The van der Waals surface area contributed by atoms with Crippen LogP contribution in [0.4, 0.5) is 5.82 Å². The number of hydrogen-bond acceptors (Lipinski definition) is 8. The number of aromatic amines is 1. The Morgan fingerprint density at radius 1 is 1.21 bits per heavy atom. The third-order valence-corrected chi connectivity index (χ3v) is 6.94. The Bertz CT molecular complexity index is 1270. The minimum Gasteiger partial charge on any atom is -0.327 e. The lowest BCUT2D eigenvalue weighted by Gasteiger charge is -2.34. The molecule has 5 rings (SSSR count). The van der Waals surface area contributed by atoms with Crippen molar-refractivity contribution in [3.05, 3.63) is 65.2 Å². The number of piperazine rings is 1. The summed E-state index contributed by atoms with van der Waals surface area (Å²) in [5.41, 5.74) is 2.88. The van der Waals surface area contributed by atoms with E-state index < -0.39 is 0 Å². The fourth-order valence-corrected chi connectivity index (χ4v) is 5.23. The maximum absolute atomic E-state index is 11.5. The number of carbonyl (C=O) groups is 1. The van der Waals surface area contributed by atoms with Crippen LogP contribution in [0.25, 0.3) is 21.3 Å². The highest BCUT2D eigenvalue weighted by molar-refractivity contribution is 7.18. The van der Waals surface area contributed by atoms with Crippen molar-refractivity contribution >= 4 is 34.7 Å². The molecule has 3 N–H and O–H groups in total. The number of aromatic nitrogens is 5. The van der Waals surface area contributed by atoms with Crippen molar-refractivity contribution < 1.29 is 4.79 Å². The van der Waals surface area contributed by atoms with Gasteiger partial charge < -0.3 is 15.6 Å². The molecule has 0 bridgehead atoms. The summed E-state index contributed by atoms with van der Waals surface area (Å²) < 4.78 is 0. The molecule has 174 valence electrons. The minimum atomic E-state index is -0.173. The lowest BCUT2D eigenvalue weighted by Crippen LogP contribution is -2.45. The Kier molecular flexibility index (Phi) is 6.63. The molecule has 1 amide bonds. The van der Waals surface area contributed by atoms with Crippen LogP contribution in [0, 0.1) is 0 Å². The quantitative estimate of drug-likeness (QED) is 0.375. The predicted molar refractivity (Wildman–Crippen MR) is 133 cm³/mol. The molecular weight excluding hydrogens is 472 g/mol. The van der Waals surface area contributed by atoms with Crippen LogP contribution in [0.3, 0.4) is 0 Å². The molecule has 34 heavy (non-hydrogen) atoms. The normalized spacial score (nSPS) is 15.2. The molecule has 1 aromatic carbocycles. The van der Waals surface area contributed by atoms with Crippen molar-refractivity contribution in [3.8, 4) is 21.3 Å². The van der Waals surface area contributed by atoms with Crippen molar-refractivity contribution in [2.75, 3.05) is 31.5 Å². The topological polar surface area (TPSA) is 112 Å². The number of pyridine rings is 1. The van der Waals surface area contributed by atoms with Gasteiger partial charge in [0.2, 0.25) is 5.91 Å². The smallest absolute Gasteiger partial charge is 0.222 e. The van der Waals surface area contributed by atoms with E-state index in [-0.39, 0.29) is 11.9 Å². The lowest BCUT2D eigenvalue weighted by atomic mass is 10.00. The van der Waals surface area contributed by atoms with Gasteiger partial charge in [0.1, 0.15) is 17.2 Å². The number of carbonyl (C=O) groups excluding carboxylic acids is 1. The molecule has 4 heterocycles. The van der Waals surface area contributed by atoms with E-state index in [1.165, 1.54) is 18.3 Å². The maximum Gasteiger partial charge on any atom is 0.222 e. The van der Waals surface area contributed by atoms with E-state index >= 15 is 0 Å². The van der Waals surface area contributed by atoms with Gasteiger partial charge in [0.15, 0.2) is 5.82 Å². The monoisotopic (exact) mass is 494 g/mol. The third kappa shape index (κ3) is 4.85. The molecule has 0 saturated carbocycles. The van der Waals surface area contributed by atoms with Crippen molar-refractivity contribution in [1.29, 1.82) is 0 Å². The van der Waals surface area contributed by atoms with Crippen molar-refractivity contribution in [3.63, 3.8) is 0 Å². The lowest BCUT2D eigenvalue weighted by molar-refractivity contribution is -0.114. The summed E-state index contributed by atoms with van der Waals surface area (Å²) in [7, 11) is 0. The van der Waals surface area contributed by atoms with Crippen LogP contribution in [0.5, 0.6) is 0 Å². The van der Waals surface area contributed by atoms with Crippen molar-refractivity contribution in [1.82, 2.24) is 35.4 Å². The van der Waals surface area contributed by atoms with E-state index in [9.17, 15) is 4.79 Å². The van der Waals surface area contributed by atoms with Gasteiger partial charge in [-0.1, -0.05) is 23.7 Å². The van der Waals surface area contributed by atoms with Gasteiger partial charge in [0.25, 0.3) is 0 Å². The number of anilines is 1. The van der Waals surface area contributed by atoms with E-state index in [0.717, 1.165) is 52.9 Å². The van der Waals surface area contributed by atoms with Gasteiger partial charge in [0.05, 0.1) is 16.6 Å². The van der Waals surface area contributed by atoms with Crippen LogP contribution in [-0.4, -0.2) is 62.1 Å². The second-order valence-electron chi connectivity index (χ2n) is 7.92. The molecular formula is C23H23ClN8OS. The number of amides is 1. The van der Waals surface area contributed by atoms with Crippen molar-refractivity contribution in [2.24, 2.45) is 0 Å². The van der Waals surface area contributed by atoms with E-state index in [0.29, 0.717) is 16.7 Å². The van der Waals surface area contributed by atoms with Gasteiger partial charge in [0, 0.05) is 49.9 Å². The van der Waals surface area contributed by atoms with E-state index in [1.807, 2.05) is 24.3 Å². The Morgan fingerprint density at radius 3 is 2.71 bits per heavy atom. The number of hydrogen-bond donors (Lipinski definition) is 3. The first-order valence-corrected chi connectivity index (χ1v) is 12.1. The molecule has 0 aliphatic carbocycles. The van der Waals surface area contributed by atoms with Crippen LogP contribution in [0.1, 0.15) is 24.2 Å². The molecule has 1 atom stereocenters. The van der Waals surface area contributed by atoms with E-state index in [1.54, 1.807) is 12.5 Å². The first-order chi connectivity index (χ1) is 16.6. The molecule has 1 aliphatic rings. The van der Waals surface area contributed by atoms with Crippen LogP contribution >= 0.6 is 22.9 Å². The number of H-pyrrole nitrogens is 1. The molecule has 9 nitrogen and oxygen atoms in total. The van der Waals surface area contributed by atoms with E-state index in [2.05, 4.69) is 47.8 Å². The molecule has 1 aliphatic heterocycles. The summed E-state index contributed by atoms with van der Waals surface area (Å²) >= 11 is 7.73. The van der Waals surface area contributed by atoms with Crippen LogP contribution in [-0.2, 0) is 4.79 Å². The van der Waals surface area contributed by atoms with Gasteiger partial charge in [-0.2, -0.15) is 0 Å². The summed E-state index contributed by atoms with van der Waals surface area (Å²) in [6, 6.07) is 11.6. The predicted octanol–water partition coefficient (Wildman–Crippen LogP) is 3.60. The average molecular weight is 495 g/mol. The summed E-state index contributed by atoms with van der Waals surface area (Å²) in [4.78, 5) is 27.4. The van der Waals surface area contributed by atoms with Crippen molar-refractivity contribution in [2.45, 2.75) is 13.0 Å². The van der Waals surface area contributed by atoms with Crippen LogP contribution in [0.15, 0.2) is 48.9 Å². The highest BCUT2D eigenvalue weighted by Gasteiger charge is 2.31. The average Bonchev–Trinajstić information content (AvgIpc) is 3.51. The second kappa shape index (κ2) is 9.98. The van der Waals surface area contributed by atoms with Gasteiger partial charge >= 0.3 is 0 Å². The minimum absolute atomic E-state index is 0.0823. The molecule has 4 aromatic rings. The summed E-state index contributed by atoms with van der Waals surface area (Å²) in [6.07, 6.45) is 3.24. The van der Waals surface area contributed by atoms with Crippen LogP contribution in [0.2, 0.25) is 5.02 Å². The maximum atomic E-state index is 11.5. The SMILES string of the molecule is CC(=O)Nc1cc(-c2nc(C(c3ccc(Cl)cc3)N3CCNCC3)c(-c3nnc[nH]3)s2)ccn1. The zero-order valence-electron chi connectivity index (χ0n) is 18.5. The Hall–Kier alpha value is -3.18. The number of nitrogens with one attached hydrogen (secondary N) is 3. The number of rotatable bonds is 6. The number of halogens is 1. The van der Waals surface area contributed by atoms with Gasteiger partial charge in [-0.3, -0.25) is 9.69 Å². The summed E-state index contributed by atoms with van der Waals surface area (Å²) in [5, 5.41) is 16.0. The Balaban J connectivity index is 1.64. The molecule has 1 unspecified atom stereocenters. The molecule has 1 fully saturated rings. The Morgan fingerprint density at radius 2 is 2.00 bits per heavy atom. The molecule has 0 spiro atoms. The highest BCUT2D eigenvalue weighted by atomic mass is 35.5. The highest BCUT2D eigenvalue weighted by Crippen LogP contribution is 2.41. The number of nitrogens with zero attached hydrogens (tertiary/aromatic N) is 5. The van der Waals surface area contributed by atoms with Gasteiger partial charge in [-0.25, -0.2) is 9.97 Å². The Labute approximate surface area is 205 Å².